The first kappa shape index (κ1) is 24.1. The molecule has 4 heteroatoms. The first-order chi connectivity index (χ1) is 20.7. The van der Waals surface area contributed by atoms with E-state index in [4.69, 9.17) is 9.97 Å². The zero-order valence-electron chi connectivity index (χ0n) is 22.9. The first-order valence-electron chi connectivity index (χ1n) is 14.0. The van der Waals surface area contributed by atoms with E-state index in [-0.39, 0.29) is 0 Å². The Balaban J connectivity index is 1.19. The van der Waals surface area contributed by atoms with Gasteiger partial charge in [0.2, 0.25) is 0 Å². The zero-order valence-corrected chi connectivity index (χ0v) is 22.9. The van der Waals surface area contributed by atoms with Gasteiger partial charge in [-0.2, -0.15) is 0 Å². The number of pyridine rings is 2. The molecule has 0 amide bonds. The van der Waals surface area contributed by atoms with Gasteiger partial charge >= 0.3 is 0 Å². The first-order valence-corrected chi connectivity index (χ1v) is 14.0. The molecule has 0 spiro atoms. The summed E-state index contributed by atoms with van der Waals surface area (Å²) in [5.74, 6) is 0. The van der Waals surface area contributed by atoms with E-state index in [9.17, 15) is 0 Å². The smallest absolute Gasteiger partial charge is 0.0963 e. The van der Waals surface area contributed by atoms with Crippen molar-refractivity contribution in [1.82, 2.24) is 19.1 Å². The normalized spacial score (nSPS) is 11.5. The molecular formula is C38H26N4. The van der Waals surface area contributed by atoms with E-state index in [0.717, 1.165) is 77.5 Å². The van der Waals surface area contributed by atoms with Crippen molar-refractivity contribution in [1.29, 1.82) is 0 Å². The van der Waals surface area contributed by atoms with Crippen LogP contribution in [0.25, 0.3) is 78.5 Å². The Bertz CT molecular complexity index is 2150. The molecule has 198 valence electrons. The summed E-state index contributed by atoms with van der Waals surface area (Å²) in [6.07, 6.45) is 7.46. The molecule has 4 nitrogen and oxygen atoms in total. The summed E-state index contributed by atoms with van der Waals surface area (Å²) in [6, 6.07) is 38.6. The molecule has 0 atom stereocenters. The number of rotatable bonds is 5. The molecule has 8 rings (SSSR count). The fourth-order valence-electron chi connectivity index (χ4n) is 6.12. The number of hydrogen-bond acceptors (Lipinski definition) is 2. The Kier molecular flexibility index (Phi) is 5.41. The van der Waals surface area contributed by atoms with Crippen molar-refractivity contribution < 1.29 is 0 Å². The van der Waals surface area contributed by atoms with Crippen LogP contribution < -0.4 is 0 Å². The Morgan fingerprint density at radius 2 is 0.905 bits per heavy atom. The zero-order chi connectivity index (χ0) is 28.2. The third-order valence-corrected chi connectivity index (χ3v) is 8.14. The second-order valence-electron chi connectivity index (χ2n) is 10.5. The van der Waals surface area contributed by atoms with E-state index in [1.165, 1.54) is 0 Å². The van der Waals surface area contributed by atoms with E-state index in [0.29, 0.717) is 0 Å². The highest BCUT2D eigenvalue weighted by molar-refractivity contribution is 6.08. The molecule has 4 aromatic carbocycles. The van der Waals surface area contributed by atoms with E-state index in [1.54, 1.807) is 0 Å². The molecule has 0 radical (unpaired) electrons. The highest BCUT2D eigenvalue weighted by atomic mass is 15.0. The van der Waals surface area contributed by atoms with Crippen molar-refractivity contribution in [2.24, 2.45) is 0 Å². The SMILES string of the molecule is C=Cc1ccc2c(c1)c1ncccc1n2-c1ccc(-c2ccc(-n3c4ccc(C=C)cc4c4ncccc43)cc2)cc1. The Morgan fingerprint density at radius 3 is 1.31 bits per heavy atom. The van der Waals surface area contributed by atoms with Crippen LogP contribution in [-0.2, 0) is 0 Å². The number of nitrogens with zero attached hydrogens (tertiary/aromatic N) is 4. The van der Waals surface area contributed by atoms with Crippen molar-refractivity contribution in [3.63, 3.8) is 0 Å². The fraction of sp³-hybridized carbons (Fsp3) is 0. The van der Waals surface area contributed by atoms with Gasteiger partial charge in [0, 0.05) is 34.5 Å². The minimum absolute atomic E-state index is 0.997. The number of benzene rings is 4. The topological polar surface area (TPSA) is 35.6 Å². The fourth-order valence-corrected chi connectivity index (χ4v) is 6.12. The lowest BCUT2D eigenvalue weighted by Gasteiger charge is -2.11. The Labute approximate surface area is 243 Å². The monoisotopic (exact) mass is 538 g/mol. The molecule has 4 heterocycles. The molecule has 0 N–H and O–H groups in total. The largest absolute Gasteiger partial charge is 0.308 e. The van der Waals surface area contributed by atoms with E-state index < -0.39 is 0 Å². The Hall–Kier alpha value is -5.74. The minimum atomic E-state index is 0.997. The molecule has 0 aliphatic carbocycles. The minimum Gasteiger partial charge on any atom is -0.308 e. The van der Waals surface area contributed by atoms with E-state index >= 15 is 0 Å². The van der Waals surface area contributed by atoms with Crippen molar-refractivity contribution in [2.45, 2.75) is 0 Å². The van der Waals surface area contributed by atoms with Gasteiger partial charge in [0.15, 0.2) is 0 Å². The van der Waals surface area contributed by atoms with Crippen LogP contribution >= 0.6 is 0 Å². The van der Waals surface area contributed by atoms with Gasteiger partial charge in [0.25, 0.3) is 0 Å². The lowest BCUT2D eigenvalue weighted by atomic mass is 10.0. The van der Waals surface area contributed by atoms with Crippen LogP contribution in [0.15, 0.2) is 135 Å². The molecule has 0 aliphatic heterocycles. The second kappa shape index (κ2) is 9.43. The summed E-state index contributed by atoms with van der Waals surface area (Å²) in [6.45, 7) is 7.88. The molecule has 0 aliphatic rings. The van der Waals surface area contributed by atoms with Crippen molar-refractivity contribution in [3.05, 3.63) is 146 Å². The van der Waals surface area contributed by atoms with Gasteiger partial charge in [-0.3, -0.25) is 9.97 Å². The molecule has 0 saturated carbocycles. The number of aromatic nitrogens is 4. The molecule has 0 unspecified atom stereocenters. The summed E-state index contributed by atoms with van der Waals surface area (Å²) in [4.78, 5) is 9.41. The lowest BCUT2D eigenvalue weighted by Crippen LogP contribution is -1.95. The van der Waals surface area contributed by atoms with E-state index in [2.05, 4.69) is 119 Å². The van der Waals surface area contributed by atoms with Gasteiger partial charge in [-0.1, -0.05) is 61.7 Å². The predicted octanol–water partition coefficient (Wildman–Crippen LogP) is 9.62. The maximum atomic E-state index is 4.71. The molecule has 8 aromatic rings. The molecular weight excluding hydrogens is 512 g/mol. The number of fused-ring (bicyclic) bond motifs is 6. The summed E-state index contributed by atoms with van der Waals surface area (Å²) >= 11 is 0. The quantitative estimate of drug-likeness (QED) is 0.219. The van der Waals surface area contributed by atoms with Crippen molar-refractivity contribution in [2.75, 3.05) is 0 Å². The molecule has 4 aromatic heterocycles. The van der Waals surface area contributed by atoms with Crippen LogP contribution in [0.4, 0.5) is 0 Å². The van der Waals surface area contributed by atoms with Gasteiger partial charge in [-0.05, 0) is 95.1 Å². The highest BCUT2D eigenvalue weighted by Crippen LogP contribution is 2.34. The van der Waals surface area contributed by atoms with Crippen LogP contribution in [-0.4, -0.2) is 19.1 Å². The second-order valence-corrected chi connectivity index (χ2v) is 10.5. The summed E-state index contributed by atoms with van der Waals surface area (Å²) in [5, 5.41) is 2.26. The van der Waals surface area contributed by atoms with Crippen molar-refractivity contribution in [3.8, 4) is 22.5 Å². The van der Waals surface area contributed by atoms with Crippen LogP contribution in [0.1, 0.15) is 11.1 Å². The standard InChI is InChI=1S/C38H26N4/c1-3-25-9-19-33-31(23-25)37-35(7-5-21-39-37)41(33)29-15-11-27(12-16-29)28-13-17-30(18-14-28)42-34-20-10-26(4-2)24-32(34)38-36(42)8-6-22-40-38/h3-24H,1-2H2. The van der Waals surface area contributed by atoms with Crippen LogP contribution in [0.2, 0.25) is 0 Å². The van der Waals surface area contributed by atoms with E-state index in [1.807, 2.05) is 36.7 Å². The van der Waals surface area contributed by atoms with Crippen LogP contribution in [0, 0.1) is 0 Å². The third kappa shape index (κ3) is 3.62. The van der Waals surface area contributed by atoms with Crippen LogP contribution in [0.5, 0.6) is 0 Å². The van der Waals surface area contributed by atoms with Gasteiger partial charge < -0.3 is 9.13 Å². The lowest BCUT2D eigenvalue weighted by molar-refractivity contribution is 1.17. The summed E-state index contributed by atoms with van der Waals surface area (Å²) < 4.78 is 4.57. The number of hydrogen-bond donors (Lipinski definition) is 0. The molecule has 42 heavy (non-hydrogen) atoms. The molecule has 0 saturated heterocycles. The van der Waals surface area contributed by atoms with Crippen molar-refractivity contribution >= 4 is 56.0 Å². The molecule has 0 fully saturated rings. The van der Waals surface area contributed by atoms with Gasteiger partial charge in [0.05, 0.1) is 33.1 Å². The van der Waals surface area contributed by atoms with Gasteiger partial charge in [-0.25, -0.2) is 0 Å². The Morgan fingerprint density at radius 1 is 0.476 bits per heavy atom. The summed E-state index contributed by atoms with van der Waals surface area (Å²) in [7, 11) is 0. The maximum Gasteiger partial charge on any atom is 0.0963 e. The van der Waals surface area contributed by atoms with Gasteiger partial charge in [-0.15, -0.1) is 0 Å². The highest BCUT2D eigenvalue weighted by Gasteiger charge is 2.15. The molecule has 0 bridgehead atoms. The van der Waals surface area contributed by atoms with Gasteiger partial charge in [0.1, 0.15) is 0 Å². The average Bonchev–Trinajstić information content (AvgIpc) is 3.57. The average molecular weight is 539 g/mol. The van der Waals surface area contributed by atoms with Crippen LogP contribution in [0.3, 0.4) is 0 Å². The summed E-state index contributed by atoms with van der Waals surface area (Å²) in [5.41, 5.74) is 13.1. The predicted molar refractivity (Wildman–Crippen MR) is 176 cm³/mol. The third-order valence-electron chi connectivity index (χ3n) is 8.14. The maximum absolute atomic E-state index is 4.71.